The molecule has 28 heavy (non-hydrogen) atoms. The van der Waals surface area contributed by atoms with Gasteiger partial charge in [-0.05, 0) is 74.3 Å². The Hall–Kier alpha value is -1.91. The number of nitrogens with two attached hydrogens (primary N) is 1. The van der Waals surface area contributed by atoms with Crippen LogP contribution in [-0.4, -0.2) is 34.9 Å². The van der Waals surface area contributed by atoms with Crippen molar-refractivity contribution in [2.45, 2.75) is 50.0 Å². The molecule has 0 aliphatic heterocycles. The zero-order valence-electron chi connectivity index (χ0n) is 16.2. The topological polar surface area (TPSA) is 59.2 Å². The maximum Gasteiger partial charge on any atom is 0.254 e. The van der Waals surface area contributed by atoms with E-state index in [-0.39, 0.29) is 17.4 Å². The van der Waals surface area contributed by atoms with Gasteiger partial charge in [-0.25, -0.2) is 0 Å². The molecule has 2 aromatic rings. The smallest absolute Gasteiger partial charge is 0.254 e. The van der Waals surface area contributed by atoms with Crippen LogP contribution in [-0.2, 0) is 5.41 Å². The molecule has 1 aromatic heterocycles. The lowest BCUT2D eigenvalue weighted by molar-refractivity contribution is 0.0581. The SMILES string of the molecule is NCC1(c2cccc(Cl)c2)CCC(N(CC2CC2)C(=O)c2ccncc2)CC1. The third-order valence-corrected chi connectivity index (χ3v) is 6.76. The second-order valence-corrected chi connectivity index (χ2v) is 8.80. The highest BCUT2D eigenvalue weighted by Gasteiger charge is 2.40. The molecule has 2 aliphatic carbocycles. The summed E-state index contributed by atoms with van der Waals surface area (Å²) in [5.74, 6) is 0.808. The lowest BCUT2D eigenvalue weighted by atomic mass is 9.68. The Bertz CT molecular complexity index is 814. The van der Waals surface area contributed by atoms with Gasteiger partial charge < -0.3 is 10.6 Å². The van der Waals surface area contributed by atoms with Crippen molar-refractivity contribution in [3.8, 4) is 0 Å². The highest BCUT2D eigenvalue weighted by Crippen LogP contribution is 2.42. The third-order valence-electron chi connectivity index (χ3n) is 6.52. The number of rotatable bonds is 6. The zero-order chi connectivity index (χ0) is 19.6. The van der Waals surface area contributed by atoms with Crippen molar-refractivity contribution in [2.24, 2.45) is 11.7 Å². The number of carbonyl (C=O) groups excluding carboxylic acids is 1. The first-order chi connectivity index (χ1) is 13.6. The van der Waals surface area contributed by atoms with Crippen LogP contribution in [0.15, 0.2) is 48.8 Å². The second-order valence-electron chi connectivity index (χ2n) is 8.36. The molecule has 0 atom stereocenters. The van der Waals surface area contributed by atoms with E-state index in [1.807, 2.05) is 24.3 Å². The molecule has 0 unspecified atom stereocenters. The molecule has 2 N–H and O–H groups in total. The Morgan fingerprint density at radius 3 is 2.46 bits per heavy atom. The molecule has 0 radical (unpaired) electrons. The van der Waals surface area contributed by atoms with Crippen molar-refractivity contribution < 1.29 is 4.79 Å². The number of amides is 1. The normalized spacial score (nSPS) is 24.7. The number of pyridine rings is 1. The van der Waals surface area contributed by atoms with Crippen molar-refractivity contribution in [3.63, 3.8) is 0 Å². The fraction of sp³-hybridized carbons (Fsp3) is 0.478. The average Bonchev–Trinajstić information content (AvgIpc) is 3.57. The van der Waals surface area contributed by atoms with Crippen LogP contribution in [0.5, 0.6) is 0 Å². The van der Waals surface area contributed by atoms with Gasteiger partial charge in [-0.15, -0.1) is 0 Å². The fourth-order valence-corrected chi connectivity index (χ4v) is 4.72. The predicted molar refractivity (Wildman–Crippen MR) is 112 cm³/mol. The monoisotopic (exact) mass is 397 g/mol. The third kappa shape index (κ3) is 4.08. The molecule has 2 fully saturated rings. The van der Waals surface area contributed by atoms with Crippen LogP contribution in [0.25, 0.3) is 0 Å². The molecule has 1 aromatic carbocycles. The summed E-state index contributed by atoms with van der Waals surface area (Å²) in [6.45, 7) is 1.49. The molecule has 4 nitrogen and oxygen atoms in total. The Kier molecular flexibility index (Phi) is 5.70. The van der Waals surface area contributed by atoms with Gasteiger partial charge in [-0.1, -0.05) is 23.7 Å². The van der Waals surface area contributed by atoms with E-state index in [9.17, 15) is 4.79 Å². The lowest BCUT2D eigenvalue weighted by Gasteiger charge is -2.43. The Labute approximate surface area is 172 Å². The van der Waals surface area contributed by atoms with E-state index in [2.05, 4.69) is 22.0 Å². The van der Waals surface area contributed by atoms with Gasteiger partial charge in [0.15, 0.2) is 0 Å². The van der Waals surface area contributed by atoms with Gasteiger partial charge in [0.1, 0.15) is 0 Å². The van der Waals surface area contributed by atoms with Crippen LogP contribution >= 0.6 is 11.6 Å². The van der Waals surface area contributed by atoms with Gasteiger partial charge in [0.25, 0.3) is 5.91 Å². The fourth-order valence-electron chi connectivity index (χ4n) is 4.53. The predicted octanol–water partition coefficient (Wildman–Crippen LogP) is 4.43. The van der Waals surface area contributed by atoms with Crippen LogP contribution in [0.2, 0.25) is 5.02 Å². The molecular weight excluding hydrogens is 370 g/mol. The van der Waals surface area contributed by atoms with E-state index in [0.717, 1.165) is 42.8 Å². The van der Waals surface area contributed by atoms with Crippen LogP contribution in [0.4, 0.5) is 0 Å². The Morgan fingerprint density at radius 2 is 1.86 bits per heavy atom. The van der Waals surface area contributed by atoms with E-state index >= 15 is 0 Å². The van der Waals surface area contributed by atoms with Crippen molar-refractivity contribution >= 4 is 17.5 Å². The molecule has 0 saturated heterocycles. The summed E-state index contributed by atoms with van der Waals surface area (Å²) in [5, 5.41) is 0.760. The van der Waals surface area contributed by atoms with E-state index < -0.39 is 0 Å². The zero-order valence-corrected chi connectivity index (χ0v) is 16.9. The van der Waals surface area contributed by atoms with E-state index in [1.54, 1.807) is 12.4 Å². The van der Waals surface area contributed by atoms with E-state index in [0.29, 0.717) is 12.5 Å². The first-order valence-corrected chi connectivity index (χ1v) is 10.7. The van der Waals surface area contributed by atoms with Crippen molar-refractivity contribution in [3.05, 3.63) is 64.9 Å². The largest absolute Gasteiger partial charge is 0.335 e. The minimum Gasteiger partial charge on any atom is -0.335 e. The molecule has 2 saturated carbocycles. The number of benzene rings is 1. The van der Waals surface area contributed by atoms with Gasteiger partial charge in [0.05, 0.1) is 0 Å². The molecule has 0 spiro atoms. The summed E-state index contributed by atoms with van der Waals surface area (Å²) in [4.78, 5) is 19.4. The maximum atomic E-state index is 13.2. The van der Waals surface area contributed by atoms with E-state index in [4.69, 9.17) is 17.3 Å². The molecule has 2 aliphatic rings. The number of aromatic nitrogens is 1. The van der Waals surface area contributed by atoms with Gasteiger partial charge in [-0.3, -0.25) is 9.78 Å². The molecule has 5 heteroatoms. The standard InChI is InChI=1S/C23H28ClN3O/c24-20-3-1-2-19(14-20)23(16-25)10-6-21(7-11-23)27(15-17-4-5-17)22(28)18-8-12-26-13-9-18/h1-3,8-9,12-14,17,21H,4-7,10-11,15-16,25H2. The molecule has 1 heterocycles. The Balaban J connectivity index is 1.51. The summed E-state index contributed by atoms with van der Waals surface area (Å²) in [5.41, 5.74) is 8.19. The summed E-state index contributed by atoms with van der Waals surface area (Å²) in [7, 11) is 0. The molecule has 0 bridgehead atoms. The first kappa shape index (κ1) is 19.4. The summed E-state index contributed by atoms with van der Waals surface area (Å²) < 4.78 is 0. The molecule has 1 amide bonds. The lowest BCUT2D eigenvalue weighted by Crippen LogP contribution is -2.48. The van der Waals surface area contributed by atoms with Crippen molar-refractivity contribution in [1.29, 1.82) is 0 Å². The minimum atomic E-state index is -0.0354. The van der Waals surface area contributed by atoms with Crippen molar-refractivity contribution in [1.82, 2.24) is 9.88 Å². The molecule has 4 rings (SSSR count). The van der Waals surface area contributed by atoms with Gasteiger partial charge in [-0.2, -0.15) is 0 Å². The molecule has 148 valence electrons. The van der Waals surface area contributed by atoms with Crippen LogP contribution in [0.3, 0.4) is 0 Å². The second kappa shape index (κ2) is 8.22. The highest BCUT2D eigenvalue weighted by molar-refractivity contribution is 6.30. The van der Waals surface area contributed by atoms with Crippen LogP contribution in [0, 0.1) is 5.92 Å². The summed E-state index contributed by atoms with van der Waals surface area (Å²) >= 11 is 6.24. The first-order valence-electron chi connectivity index (χ1n) is 10.3. The highest BCUT2D eigenvalue weighted by atomic mass is 35.5. The average molecular weight is 398 g/mol. The number of carbonyl (C=O) groups is 1. The number of hydrogen-bond acceptors (Lipinski definition) is 3. The number of halogens is 1. The number of hydrogen-bond donors (Lipinski definition) is 1. The van der Waals surface area contributed by atoms with Crippen LogP contribution < -0.4 is 5.73 Å². The Morgan fingerprint density at radius 1 is 1.14 bits per heavy atom. The van der Waals surface area contributed by atoms with Gasteiger partial charge in [0.2, 0.25) is 0 Å². The summed E-state index contributed by atoms with van der Waals surface area (Å²) in [6, 6.07) is 12.0. The maximum absolute atomic E-state index is 13.2. The summed E-state index contributed by atoms with van der Waals surface area (Å²) in [6.07, 6.45) is 9.80. The van der Waals surface area contributed by atoms with Gasteiger partial charge >= 0.3 is 0 Å². The number of nitrogens with zero attached hydrogens (tertiary/aromatic N) is 2. The van der Waals surface area contributed by atoms with Gasteiger partial charge in [0, 0.05) is 47.5 Å². The van der Waals surface area contributed by atoms with Crippen molar-refractivity contribution in [2.75, 3.05) is 13.1 Å². The molecular formula is C23H28ClN3O. The van der Waals surface area contributed by atoms with E-state index in [1.165, 1.54) is 18.4 Å². The quantitative estimate of drug-likeness (QED) is 0.784. The van der Waals surface area contributed by atoms with Crippen LogP contribution in [0.1, 0.15) is 54.4 Å². The minimum absolute atomic E-state index is 0.0354.